The minimum absolute atomic E-state index is 0.0105. The Labute approximate surface area is 703 Å². The molecule has 0 saturated carbocycles. The molecule has 119 heavy (non-hydrogen) atoms. The van der Waals surface area contributed by atoms with Crippen LogP contribution in [0.25, 0.3) is 181 Å². The third-order valence-corrected chi connectivity index (χ3v) is 26.5. The lowest BCUT2D eigenvalue weighted by atomic mass is 9.33. The molecule has 2 aliphatic rings. The Morgan fingerprint density at radius 1 is 0.252 bits per heavy atom. The Kier molecular flexibility index (Phi) is 12.7. The number of benzene rings is 16. The highest BCUT2D eigenvalue weighted by Crippen LogP contribution is 2.52. The highest BCUT2D eigenvalue weighted by Gasteiger charge is 2.45. The molecule has 6 nitrogen and oxygen atoms in total. The quantitative estimate of drug-likeness (QED) is 0.158. The second kappa shape index (κ2) is 24.5. The topological polar surface area (TPSA) is 27.4 Å². The van der Waals surface area contributed by atoms with Crippen molar-refractivity contribution >= 4 is 187 Å². The highest BCUT2D eigenvalue weighted by molar-refractivity contribution is 7.00. The zero-order chi connectivity index (χ0) is 87.3. The van der Waals surface area contributed by atoms with Gasteiger partial charge >= 0.3 is 0 Å². The minimum Gasteiger partial charge on any atom is -0.311 e. The number of rotatable bonds is 5. The van der Waals surface area contributed by atoms with Gasteiger partial charge in [-0.2, -0.15) is 0 Å². The summed E-state index contributed by atoms with van der Waals surface area (Å²) in [6, 6.07) is 98.6. The van der Waals surface area contributed by atoms with Gasteiger partial charge in [-0.05, 0) is 220 Å². The smallest absolute Gasteiger partial charge is 0.252 e. The maximum atomic E-state index is 10.0. The molecule has 0 saturated heterocycles. The van der Waals surface area contributed by atoms with Crippen LogP contribution >= 0.6 is 0 Å². The van der Waals surface area contributed by atoms with Gasteiger partial charge in [-0.15, -0.1) is 0 Å². The van der Waals surface area contributed by atoms with Crippen molar-refractivity contribution in [2.45, 2.75) is 105 Å². The van der Waals surface area contributed by atoms with E-state index in [1.165, 1.54) is 43.8 Å². The van der Waals surface area contributed by atoms with E-state index in [2.05, 4.69) is 367 Å². The summed E-state index contributed by atoms with van der Waals surface area (Å²) in [5.41, 5.74) is 25.2. The molecule has 6 aromatic heterocycles. The zero-order valence-electron chi connectivity index (χ0n) is 76.7. The fourth-order valence-corrected chi connectivity index (χ4v) is 20.6. The predicted octanol–water partition coefficient (Wildman–Crippen LogP) is 28.1. The van der Waals surface area contributed by atoms with Crippen LogP contribution in [-0.4, -0.2) is 29.4 Å². The van der Waals surface area contributed by atoms with Crippen molar-refractivity contribution in [3.8, 4) is 33.9 Å². The molecule has 22 aromatic rings. The SMILES string of the molecule is [2H]c1c([2H])c([2H])c2c(c1[2H])c1c([2H])c([2H])c([2H])c([2H])c1n2-c1ccc2c(c1)N(c1ccc(-c3ccccc3)cc1)c1c3c(cc4c1c1cccc5c6ccccc6c6ccccc6c6ccccc6n4c51)-n1c4ccc(-n5c6ccc(C(C)(C)C)cc6c6cc(C(C)(C)C)ccc65)cc4c4cc(-n5c6ccc(C(C)(C)C)cc6c6cc(C(C)(C)C)ccc65)cc(c41)B23. The van der Waals surface area contributed by atoms with Crippen LogP contribution in [0.3, 0.4) is 0 Å². The average Bonchev–Trinajstić information content (AvgIpc) is 1.54. The second-order valence-corrected chi connectivity index (χ2v) is 37.5. The molecular weight excluding hydrogens is 1440 g/mol. The summed E-state index contributed by atoms with van der Waals surface area (Å²) in [5.74, 6) is 0. The molecule has 0 radical (unpaired) electrons. The van der Waals surface area contributed by atoms with Crippen LogP contribution in [0, 0.1) is 0 Å². The lowest BCUT2D eigenvalue weighted by molar-refractivity contribution is 0.590. The standard InChI is InChI=1S/C112H89BN6/c1-109(2,3)68-43-52-96-85(57-68)86-58-69(110(4,5)6)44-53-97(86)114(96)73-50-56-100-89(61-73)90-62-75(116-98-54-45-70(111(7,8)9)59-87(98)88-60-71(112(10,11)12)46-55-99(88)116)63-92-107(90)119(100)103-65-102-104(84-37-26-36-83-79-32-19-17-30-77(79)76-29-16-18-31-78(76)80-33-20-25-40-95(80)118(102)106(83)84)108-105(103)113(92)91-51-49-74(115-93-38-23-21-34-81(93)82-35-22-24-39-94(82)115)64-101(91)117(108)72-47-41-67(42-48-72)66-27-14-13-15-28-66/h13-65H,1-12H3/i21D,22D,23D,24D,34D,35D,38D,39D. The Bertz CT molecular complexity index is 8580. The van der Waals surface area contributed by atoms with E-state index in [0.717, 1.165) is 165 Å². The van der Waals surface area contributed by atoms with Gasteiger partial charge in [-0.1, -0.05) is 277 Å². The van der Waals surface area contributed by atoms with Crippen molar-refractivity contribution in [2.75, 3.05) is 4.90 Å². The highest BCUT2D eigenvalue weighted by atomic mass is 15.2. The molecule has 0 N–H and O–H groups in total. The van der Waals surface area contributed by atoms with Gasteiger partial charge in [0.1, 0.15) is 0 Å². The van der Waals surface area contributed by atoms with Gasteiger partial charge in [0.25, 0.3) is 6.71 Å². The largest absolute Gasteiger partial charge is 0.311 e. The number of hydrogen-bond donors (Lipinski definition) is 0. The summed E-state index contributed by atoms with van der Waals surface area (Å²) in [6.07, 6.45) is 0. The lowest BCUT2D eigenvalue weighted by Crippen LogP contribution is -2.60. The minimum atomic E-state index is -0.565. The number of aromatic nitrogens is 5. The van der Waals surface area contributed by atoms with E-state index in [4.69, 9.17) is 0 Å². The summed E-state index contributed by atoms with van der Waals surface area (Å²) in [5, 5.41) is 15.5. The van der Waals surface area contributed by atoms with E-state index in [9.17, 15) is 11.0 Å². The van der Waals surface area contributed by atoms with Crippen molar-refractivity contribution in [1.29, 1.82) is 0 Å². The predicted molar refractivity (Wildman–Crippen MR) is 511 cm³/mol. The Balaban J connectivity index is 0.921. The molecule has 16 aromatic carbocycles. The van der Waals surface area contributed by atoms with Gasteiger partial charge in [0.15, 0.2) is 0 Å². The van der Waals surface area contributed by atoms with Gasteiger partial charge in [-0.25, -0.2) is 0 Å². The monoisotopic (exact) mass is 1540 g/mol. The molecule has 0 amide bonds. The van der Waals surface area contributed by atoms with Gasteiger partial charge in [-0.3, -0.25) is 0 Å². The maximum Gasteiger partial charge on any atom is 0.252 e. The van der Waals surface area contributed by atoms with Crippen molar-refractivity contribution < 1.29 is 11.0 Å². The molecule has 0 spiro atoms. The third-order valence-electron chi connectivity index (χ3n) is 26.5. The Hall–Kier alpha value is -13.6. The first-order valence-corrected chi connectivity index (χ1v) is 41.8. The van der Waals surface area contributed by atoms with Crippen molar-refractivity contribution in [3.05, 3.63) is 344 Å². The van der Waals surface area contributed by atoms with E-state index in [1.807, 2.05) is 12.1 Å². The number of nitrogens with zero attached hydrogens (tertiary/aromatic N) is 6. The molecule has 0 aliphatic carbocycles. The zero-order valence-corrected chi connectivity index (χ0v) is 68.7. The summed E-state index contributed by atoms with van der Waals surface area (Å²) in [6.45, 7) is 27.0. The Morgan fingerprint density at radius 3 is 1.24 bits per heavy atom. The van der Waals surface area contributed by atoms with Crippen molar-refractivity contribution in [3.63, 3.8) is 0 Å². The van der Waals surface area contributed by atoms with Gasteiger partial charge < -0.3 is 27.6 Å². The molecule has 7 heteroatoms. The maximum absolute atomic E-state index is 10.0. The molecule has 2 aliphatic heterocycles. The first-order valence-electron chi connectivity index (χ1n) is 45.8. The average molecular weight is 1540 g/mol. The number of anilines is 3. The lowest BCUT2D eigenvalue weighted by Gasteiger charge is -2.41. The normalized spacial score (nSPS) is 14.3. The number of para-hydroxylation sites is 4. The van der Waals surface area contributed by atoms with E-state index in [0.29, 0.717) is 5.69 Å². The van der Waals surface area contributed by atoms with E-state index < -0.39 is 43.0 Å². The molecule has 0 atom stereocenters. The summed E-state index contributed by atoms with van der Waals surface area (Å²) >= 11 is 0. The van der Waals surface area contributed by atoms with Crippen LogP contribution in [0.15, 0.2) is 321 Å². The fourth-order valence-electron chi connectivity index (χ4n) is 20.6. The van der Waals surface area contributed by atoms with Gasteiger partial charge in [0.05, 0.1) is 71.8 Å². The Morgan fingerprint density at radius 2 is 0.672 bits per heavy atom. The molecule has 0 fully saturated rings. The first-order chi connectivity index (χ1) is 60.9. The molecule has 0 unspecified atom stereocenters. The van der Waals surface area contributed by atoms with E-state index >= 15 is 0 Å². The van der Waals surface area contributed by atoms with E-state index in [1.54, 1.807) is 4.57 Å². The molecule has 0 bridgehead atoms. The van der Waals surface area contributed by atoms with Crippen LogP contribution in [0.5, 0.6) is 0 Å². The van der Waals surface area contributed by atoms with E-state index in [-0.39, 0.29) is 55.6 Å². The van der Waals surface area contributed by atoms with Crippen molar-refractivity contribution in [1.82, 2.24) is 22.7 Å². The molecule has 8 heterocycles. The van der Waals surface area contributed by atoms with Gasteiger partial charge in [0, 0.05) is 104 Å². The summed E-state index contributed by atoms with van der Waals surface area (Å²) in [4.78, 5) is 2.45. The van der Waals surface area contributed by atoms with Crippen LogP contribution in [-0.2, 0) is 21.7 Å². The van der Waals surface area contributed by atoms with Crippen molar-refractivity contribution in [2.24, 2.45) is 0 Å². The van der Waals surface area contributed by atoms with Crippen LogP contribution < -0.4 is 21.3 Å². The molecule has 570 valence electrons. The fraction of sp³-hybridized carbons (Fsp3) is 0.143. The first kappa shape index (κ1) is 61.7. The summed E-state index contributed by atoms with van der Waals surface area (Å²) < 4.78 is 88.5. The summed E-state index contributed by atoms with van der Waals surface area (Å²) in [7, 11) is 0. The third kappa shape index (κ3) is 9.96. The second-order valence-electron chi connectivity index (χ2n) is 37.5. The van der Waals surface area contributed by atoms with Crippen LogP contribution in [0.1, 0.15) is 116 Å². The number of fused-ring (bicyclic) bond motifs is 27. The van der Waals surface area contributed by atoms with Crippen LogP contribution in [0.2, 0.25) is 0 Å². The van der Waals surface area contributed by atoms with Gasteiger partial charge in [0.2, 0.25) is 0 Å². The van der Waals surface area contributed by atoms with Crippen LogP contribution in [0.4, 0.5) is 17.1 Å². The molecule has 24 rings (SSSR count). The number of hydrogen-bond acceptors (Lipinski definition) is 1. The molecular formula is C112H89BN6.